The molecular weight excluding hydrogens is 241 g/mol. The van der Waals surface area contributed by atoms with E-state index in [-0.39, 0.29) is 5.82 Å². The molecule has 0 saturated carbocycles. The molecule has 0 amide bonds. The van der Waals surface area contributed by atoms with Crippen LogP contribution in [0.25, 0.3) is 11.3 Å². The molecule has 0 saturated heterocycles. The maximum Gasteiger partial charge on any atom is 0.133 e. The summed E-state index contributed by atoms with van der Waals surface area (Å²) in [5.74, 6) is 0.627. The van der Waals surface area contributed by atoms with Gasteiger partial charge in [-0.1, -0.05) is 19.1 Å². The van der Waals surface area contributed by atoms with E-state index in [4.69, 9.17) is 0 Å². The van der Waals surface area contributed by atoms with Gasteiger partial charge in [0.05, 0.1) is 5.69 Å². The quantitative estimate of drug-likeness (QED) is 0.911. The third kappa shape index (κ3) is 2.57. The molecular formula is C15H18FN3. The van der Waals surface area contributed by atoms with E-state index in [0.717, 1.165) is 35.6 Å². The van der Waals surface area contributed by atoms with E-state index in [0.29, 0.717) is 5.56 Å². The third-order valence-corrected chi connectivity index (χ3v) is 3.17. The van der Waals surface area contributed by atoms with Crippen LogP contribution in [0.15, 0.2) is 24.5 Å². The molecule has 1 heterocycles. The van der Waals surface area contributed by atoms with Crippen LogP contribution in [-0.4, -0.2) is 16.5 Å². The molecule has 0 aliphatic carbocycles. The van der Waals surface area contributed by atoms with Crippen molar-refractivity contribution in [3.8, 4) is 11.3 Å². The molecule has 0 unspecified atom stereocenters. The van der Waals surface area contributed by atoms with E-state index >= 15 is 0 Å². The molecule has 1 N–H and O–H groups in total. The largest absolute Gasteiger partial charge is 0.370 e. The first kappa shape index (κ1) is 13.5. The van der Waals surface area contributed by atoms with Gasteiger partial charge in [0.2, 0.25) is 0 Å². The predicted octanol–water partition coefficient (Wildman–Crippen LogP) is 3.59. The van der Waals surface area contributed by atoms with E-state index in [1.807, 2.05) is 13.0 Å². The van der Waals surface area contributed by atoms with Crippen molar-refractivity contribution < 1.29 is 4.39 Å². The summed E-state index contributed by atoms with van der Waals surface area (Å²) in [4.78, 5) is 8.61. The van der Waals surface area contributed by atoms with Crippen molar-refractivity contribution in [1.82, 2.24) is 9.97 Å². The fourth-order valence-corrected chi connectivity index (χ4v) is 2.16. The molecule has 2 rings (SSSR count). The first-order valence-corrected chi connectivity index (χ1v) is 6.52. The highest BCUT2D eigenvalue weighted by molar-refractivity contribution is 5.71. The highest BCUT2D eigenvalue weighted by Gasteiger charge is 2.14. The predicted molar refractivity (Wildman–Crippen MR) is 75.7 cm³/mol. The summed E-state index contributed by atoms with van der Waals surface area (Å²) >= 11 is 0. The van der Waals surface area contributed by atoms with Crippen molar-refractivity contribution in [2.24, 2.45) is 0 Å². The van der Waals surface area contributed by atoms with E-state index in [1.165, 1.54) is 12.4 Å². The van der Waals surface area contributed by atoms with Gasteiger partial charge in [0.15, 0.2) is 0 Å². The average molecular weight is 259 g/mol. The fourth-order valence-electron chi connectivity index (χ4n) is 2.16. The van der Waals surface area contributed by atoms with Crippen molar-refractivity contribution in [1.29, 1.82) is 0 Å². The molecule has 0 fully saturated rings. The van der Waals surface area contributed by atoms with Crippen molar-refractivity contribution in [3.05, 3.63) is 41.5 Å². The molecule has 0 aliphatic heterocycles. The van der Waals surface area contributed by atoms with Crippen LogP contribution in [0.2, 0.25) is 0 Å². The fraction of sp³-hybridized carbons (Fsp3) is 0.333. The molecule has 0 atom stereocenters. The van der Waals surface area contributed by atoms with Gasteiger partial charge in [-0.3, -0.25) is 0 Å². The lowest BCUT2D eigenvalue weighted by atomic mass is 10.00. The lowest BCUT2D eigenvalue weighted by Crippen LogP contribution is -2.06. The highest BCUT2D eigenvalue weighted by atomic mass is 19.1. The van der Waals surface area contributed by atoms with Gasteiger partial charge in [-0.2, -0.15) is 0 Å². The number of nitrogens with one attached hydrogen (secondary N) is 1. The Bertz CT molecular complexity index is 582. The third-order valence-electron chi connectivity index (χ3n) is 3.17. The summed E-state index contributed by atoms with van der Waals surface area (Å²) in [5.41, 5.74) is 3.29. The Morgan fingerprint density at radius 1 is 1.21 bits per heavy atom. The molecule has 19 heavy (non-hydrogen) atoms. The first-order valence-electron chi connectivity index (χ1n) is 6.52. The molecule has 0 bridgehead atoms. The number of nitrogens with zero attached hydrogens (tertiary/aromatic N) is 2. The number of halogens is 1. The molecule has 0 spiro atoms. The van der Waals surface area contributed by atoms with Crippen LogP contribution < -0.4 is 5.32 Å². The van der Waals surface area contributed by atoms with Gasteiger partial charge in [-0.15, -0.1) is 0 Å². The minimum atomic E-state index is -0.205. The SMILES string of the molecule is CCNc1ncnc(-c2cccc(F)c2C)c1CC. The van der Waals surface area contributed by atoms with Gasteiger partial charge in [0.25, 0.3) is 0 Å². The number of rotatable bonds is 4. The summed E-state index contributed by atoms with van der Waals surface area (Å²) in [6.07, 6.45) is 2.32. The molecule has 2 aromatic rings. The van der Waals surface area contributed by atoms with E-state index in [2.05, 4.69) is 22.2 Å². The van der Waals surface area contributed by atoms with Crippen LogP contribution in [0.4, 0.5) is 10.2 Å². The Kier molecular flexibility index (Phi) is 4.10. The summed E-state index contributed by atoms with van der Waals surface area (Å²) in [5, 5.41) is 3.23. The molecule has 0 radical (unpaired) electrons. The Morgan fingerprint density at radius 3 is 2.68 bits per heavy atom. The number of anilines is 1. The summed E-state index contributed by atoms with van der Waals surface area (Å²) in [6.45, 7) is 6.65. The Morgan fingerprint density at radius 2 is 2.00 bits per heavy atom. The smallest absolute Gasteiger partial charge is 0.133 e. The normalized spacial score (nSPS) is 10.5. The maximum atomic E-state index is 13.7. The Hall–Kier alpha value is -1.97. The number of aromatic nitrogens is 2. The number of hydrogen-bond donors (Lipinski definition) is 1. The van der Waals surface area contributed by atoms with Crippen molar-refractivity contribution in [2.45, 2.75) is 27.2 Å². The molecule has 1 aromatic carbocycles. The second kappa shape index (κ2) is 5.78. The Labute approximate surface area is 112 Å². The van der Waals surface area contributed by atoms with Crippen LogP contribution in [0.1, 0.15) is 25.0 Å². The van der Waals surface area contributed by atoms with E-state index < -0.39 is 0 Å². The standard InChI is InChI=1S/C15H18FN3/c1-4-11-14(18-9-19-15(11)17-5-2)12-7-6-8-13(16)10(12)3/h6-9H,4-5H2,1-3H3,(H,17,18,19). The lowest BCUT2D eigenvalue weighted by Gasteiger charge is -2.14. The van der Waals surface area contributed by atoms with E-state index in [1.54, 1.807) is 13.0 Å². The van der Waals surface area contributed by atoms with Gasteiger partial charge in [0, 0.05) is 17.7 Å². The summed E-state index contributed by atoms with van der Waals surface area (Å²) < 4.78 is 13.7. The van der Waals surface area contributed by atoms with Crippen LogP contribution in [0, 0.1) is 12.7 Å². The van der Waals surface area contributed by atoms with Gasteiger partial charge in [-0.05, 0) is 31.9 Å². The van der Waals surface area contributed by atoms with E-state index in [9.17, 15) is 4.39 Å². The van der Waals surface area contributed by atoms with Gasteiger partial charge < -0.3 is 5.32 Å². The van der Waals surface area contributed by atoms with Crippen molar-refractivity contribution in [2.75, 3.05) is 11.9 Å². The maximum absolute atomic E-state index is 13.7. The lowest BCUT2D eigenvalue weighted by molar-refractivity contribution is 0.619. The Balaban J connectivity index is 2.61. The van der Waals surface area contributed by atoms with Crippen molar-refractivity contribution >= 4 is 5.82 Å². The van der Waals surface area contributed by atoms with Crippen LogP contribution in [-0.2, 0) is 6.42 Å². The zero-order chi connectivity index (χ0) is 13.8. The molecule has 100 valence electrons. The minimum Gasteiger partial charge on any atom is -0.370 e. The molecule has 0 aliphatic rings. The monoisotopic (exact) mass is 259 g/mol. The van der Waals surface area contributed by atoms with Gasteiger partial charge in [-0.25, -0.2) is 14.4 Å². The summed E-state index contributed by atoms with van der Waals surface area (Å²) in [6, 6.07) is 5.08. The van der Waals surface area contributed by atoms with Gasteiger partial charge >= 0.3 is 0 Å². The van der Waals surface area contributed by atoms with Crippen LogP contribution in [0.5, 0.6) is 0 Å². The first-order chi connectivity index (χ1) is 9.19. The average Bonchev–Trinajstić information content (AvgIpc) is 2.42. The minimum absolute atomic E-state index is 0.205. The zero-order valence-electron chi connectivity index (χ0n) is 11.5. The number of benzene rings is 1. The topological polar surface area (TPSA) is 37.8 Å². The molecule has 4 heteroatoms. The second-order valence-electron chi connectivity index (χ2n) is 4.35. The zero-order valence-corrected chi connectivity index (χ0v) is 11.5. The second-order valence-corrected chi connectivity index (χ2v) is 4.35. The highest BCUT2D eigenvalue weighted by Crippen LogP contribution is 2.29. The number of hydrogen-bond acceptors (Lipinski definition) is 3. The molecule has 3 nitrogen and oxygen atoms in total. The summed E-state index contributed by atoms with van der Waals surface area (Å²) in [7, 11) is 0. The van der Waals surface area contributed by atoms with Gasteiger partial charge in [0.1, 0.15) is 18.0 Å². The van der Waals surface area contributed by atoms with Crippen LogP contribution in [0.3, 0.4) is 0 Å². The van der Waals surface area contributed by atoms with Crippen LogP contribution >= 0.6 is 0 Å². The molecule has 1 aromatic heterocycles. The van der Waals surface area contributed by atoms with Crippen molar-refractivity contribution in [3.63, 3.8) is 0 Å².